The minimum absolute atomic E-state index is 0.00387. The molecule has 1 N–H and O–H groups in total. The lowest BCUT2D eigenvalue weighted by Gasteiger charge is -2.20. The first kappa shape index (κ1) is 14.4. The fraction of sp³-hybridized carbons (Fsp3) is 0.429. The average Bonchev–Trinajstić information content (AvgIpc) is 2.77. The van der Waals surface area contributed by atoms with Gasteiger partial charge in [0.05, 0.1) is 11.0 Å². The van der Waals surface area contributed by atoms with Gasteiger partial charge in [0.25, 0.3) is 5.91 Å². The van der Waals surface area contributed by atoms with Crippen LogP contribution in [0.3, 0.4) is 0 Å². The number of likely N-dealkylation sites (tertiary alicyclic amines) is 1. The summed E-state index contributed by atoms with van der Waals surface area (Å²) in [6.45, 7) is 3.16. The van der Waals surface area contributed by atoms with Gasteiger partial charge in [-0.3, -0.25) is 9.59 Å². The largest absolute Gasteiger partial charge is 0.481 e. The lowest BCUT2D eigenvalue weighted by molar-refractivity contribution is -0.147. The number of carboxylic acids is 1. The van der Waals surface area contributed by atoms with Crippen molar-refractivity contribution >= 4 is 11.9 Å². The second-order valence-corrected chi connectivity index (χ2v) is 5.42. The van der Waals surface area contributed by atoms with Crippen LogP contribution in [0.15, 0.2) is 12.1 Å². The van der Waals surface area contributed by atoms with Crippen molar-refractivity contribution in [3.8, 4) is 0 Å². The molecule has 20 heavy (non-hydrogen) atoms. The quantitative estimate of drug-likeness (QED) is 0.905. The van der Waals surface area contributed by atoms with Crippen LogP contribution in [0, 0.1) is 24.0 Å². The number of aliphatic carboxylic acids is 1. The van der Waals surface area contributed by atoms with E-state index >= 15 is 0 Å². The van der Waals surface area contributed by atoms with E-state index in [1.54, 1.807) is 0 Å². The Morgan fingerprint density at radius 3 is 2.50 bits per heavy atom. The summed E-state index contributed by atoms with van der Waals surface area (Å²) >= 11 is 0. The molecule has 0 spiro atoms. The number of rotatable bonds is 2. The van der Waals surface area contributed by atoms with Gasteiger partial charge in [-0.05, 0) is 38.0 Å². The number of amides is 1. The van der Waals surface area contributed by atoms with E-state index < -0.39 is 28.9 Å². The molecular weight excluding hydrogens is 268 g/mol. The van der Waals surface area contributed by atoms with Gasteiger partial charge in [0.15, 0.2) is 0 Å². The third-order valence-electron chi connectivity index (χ3n) is 3.76. The predicted octanol–water partition coefficient (Wildman–Crippen LogP) is 2.21. The highest BCUT2D eigenvalue weighted by Crippen LogP contribution is 2.31. The summed E-state index contributed by atoms with van der Waals surface area (Å²) in [5, 5.41) is 9.11. The number of halogens is 2. The summed E-state index contributed by atoms with van der Waals surface area (Å²) in [6, 6.07) is 1.83. The molecule has 6 heteroatoms. The van der Waals surface area contributed by atoms with Gasteiger partial charge in [-0.1, -0.05) is 0 Å². The van der Waals surface area contributed by atoms with Crippen LogP contribution in [0.4, 0.5) is 8.78 Å². The van der Waals surface area contributed by atoms with Crippen molar-refractivity contribution in [3.63, 3.8) is 0 Å². The number of carboxylic acid groups (broad SMARTS) is 1. The molecule has 0 saturated carbocycles. The Morgan fingerprint density at radius 2 is 1.95 bits per heavy atom. The Labute approximate surface area is 115 Å². The van der Waals surface area contributed by atoms with Gasteiger partial charge in [-0.2, -0.15) is 0 Å². The zero-order chi connectivity index (χ0) is 15.1. The van der Waals surface area contributed by atoms with Crippen molar-refractivity contribution in [1.82, 2.24) is 4.90 Å². The minimum atomic E-state index is -1.03. The van der Waals surface area contributed by atoms with E-state index in [4.69, 9.17) is 5.11 Å². The highest BCUT2D eigenvalue weighted by Gasteiger charge is 2.42. The van der Waals surface area contributed by atoms with Gasteiger partial charge >= 0.3 is 5.97 Å². The molecule has 1 aromatic rings. The fourth-order valence-electron chi connectivity index (χ4n) is 2.29. The highest BCUT2D eigenvalue weighted by atomic mass is 19.1. The van der Waals surface area contributed by atoms with Gasteiger partial charge in [-0.25, -0.2) is 8.78 Å². The van der Waals surface area contributed by atoms with Crippen LogP contribution in [-0.2, 0) is 4.79 Å². The van der Waals surface area contributed by atoms with Crippen molar-refractivity contribution in [2.45, 2.75) is 20.3 Å². The number of hydrogen-bond donors (Lipinski definition) is 1. The van der Waals surface area contributed by atoms with Gasteiger partial charge in [-0.15, -0.1) is 0 Å². The Bertz CT molecular complexity index is 588. The zero-order valence-electron chi connectivity index (χ0n) is 11.2. The van der Waals surface area contributed by atoms with Crippen molar-refractivity contribution in [2.24, 2.45) is 5.41 Å². The highest BCUT2D eigenvalue weighted by molar-refractivity contribution is 5.95. The van der Waals surface area contributed by atoms with Crippen LogP contribution in [0.25, 0.3) is 0 Å². The van der Waals surface area contributed by atoms with E-state index in [2.05, 4.69) is 0 Å². The summed E-state index contributed by atoms with van der Waals surface area (Å²) in [6.07, 6.45) is 0.296. The Balaban J connectivity index is 2.26. The summed E-state index contributed by atoms with van der Waals surface area (Å²) in [5.41, 5.74) is -1.27. The second-order valence-electron chi connectivity index (χ2n) is 5.42. The van der Waals surface area contributed by atoms with Gasteiger partial charge in [0, 0.05) is 13.1 Å². The maximum Gasteiger partial charge on any atom is 0.311 e. The van der Waals surface area contributed by atoms with Crippen molar-refractivity contribution < 1.29 is 23.5 Å². The summed E-state index contributed by atoms with van der Waals surface area (Å²) in [5.74, 6) is -3.12. The van der Waals surface area contributed by atoms with Crippen molar-refractivity contribution in [3.05, 3.63) is 34.9 Å². The molecule has 1 amide bonds. The minimum Gasteiger partial charge on any atom is -0.481 e. The molecule has 0 radical (unpaired) electrons. The third-order valence-corrected chi connectivity index (χ3v) is 3.76. The first-order valence-electron chi connectivity index (χ1n) is 6.23. The van der Waals surface area contributed by atoms with Crippen LogP contribution in [0.2, 0.25) is 0 Å². The van der Waals surface area contributed by atoms with Crippen LogP contribution in [0.1, 0.15) is 29.3 Å². The molecule has 1 saturated heterocycles. The normalized spacial score (nSPS) is 22.1. The van der Waals surface area contributed by atoms with Crippen molar-refractivity contribution in [2.75, 3.05) is 13.1 Å². The number of carbonyl (C=O) groups is 2. The van der Waals surface area contributed by atoms with Crippen LogP contribution < -0.4 is 0 Å². The first-order chi connectivity index (χ1) is 9.24. The topological polar surface area (TPSA) is 57.6 Å². The van der Waals surface area contributed by atoms with E-state index in [1.807, 2.05) is 0 Å². The first-order valence-corrected chi connectivity index (χ1v) is 6.23. The SMILES string of the molecule is Cc1cc(F)c(C(=O)N2CC[C@](C)(C(=O)O)C2)cc1F. The van der Waals surface area contributed by atoms with Crippen LogP contribution in [-0.4, -0.2) is 35.0 Å². The summed E-state index contributed by atoms with van der Waals surface area (Å²) < 4.78 is 27.2. The summed E-state index contributed by atoms with van der Waals surface area (Å²) in [4.78, 5) is 24.5. The monoisotopic (exact) mass is 283 g/mol. The molecule has 108 valence electrons. The smallest absolute Gasteiger partial charge is 0.311 e. The Morgan fingerprint density at radius 1 is 1.30 bits per heavy atom. The number of nitrogens with zero attached hydrogens (tertiary/aromatic N) is 1. The lowest BCUT2D eigenvalue weighted by atomic mass is 9.90. The molecule has 1 aliphatic rings. The molecular formula is C14H15F2NO3. The van der Waals surface area contributed by atoms with Gasteiger partial charge in [0.2, 0.25) is 0 Å². The summed E-state index contributed by atoms with van der Waals surface area (Å²) in [7, 11) is 0. The molecule has 1 heterocycles. The molecule has 0 aromatic heterocycles. The molecule has 1 aromatic carbocycles. The standard InChI is InChI=1S/C14H15F2NO3/c1-8-5-11(16)9(6-10(8)15)12(18)17-4-3-14(2,7-17)13(19)20/h5-6H,3-4,7H2,1-2H3,(H,19,20)/t14-/m0/s1. The second kappa shape index (κ2) is 4.85. The molecule has 2 rings (SSSR count). The average molecular weight is 283 g/mol. The van der Waals surface area contributed by atoms with E-state index in [9.17, 15) is 18.4 Å². The lowest BCUT2D eigenvalue weighted by Crippen LogP contribution is -2.35. The van der Waals surface area contributed by atoms with E-state index in [1.165, 1.54) is 18.7 Å². The molecule has 0 unspecified atom stereocenters. The van der Waals surface area contributed by atoms with E-state index in [0.717, 1.165) is 12.1 Å². The molecule has 0 aliphatic carbocycles. The maximum absolute atomic E-state index is 13.8. The zero-order valence-corrected chi connectivity index (χ0v) is 11.2. The Kier molecular flexibility index (Phi) is 3.50. The van der Waals surface area contributed by atoms with E-state index in [-0.39, 0.29) is 24.2 Å². The Hall–Kier alpha value is -1.98. The molecule has 4 nitrogen and oxygen atoms in total. The number of carbonyl (C=O) groups excluding carboxylic acids is 1. The molecule has 0 bridgehead atoms. The van der Waals surface area contributed by atoms with Crippen LogP contribution >= 0.6 is 0 Å². The molecule has 1 atom stereocenters. The predicted molar refractivity (Wildman–Crippen MR) is 67.4 cm³/mol. The maximum atomic E-state index is 13.8. The fourth-order valence-corrected chi connectivity index (χ4v) is 2.29. The number of benzene rings is 1. The molecule has 1 fully saturated rings. The van der Waals surface area contributed by atoms with Crippen molar-refractivity contribution in [1.29, 1.82) is 0 Å². The van der Waals surface area contributed by atoms with E-state index in [0.29, 0.717) is 6.42 Å². The van der Waals surface area contributed by atoms with Crippen LogP contribution in [0.5, 0.6) is 0 Å². The van der Waals surface area contributed by atoms with Gasteiger partial charge in [0.1, 0.15) is 11.6 Å². The number of aryl methyl sites for hydroxylation is 1. The molecule has 1 aliphatic heterocycles. The number of hydrogen-bond acceptors (Lipinski definition) is 2. The third kappa shape index (κ3) is 2.37. The van der Waals surface area contributed by atoms with Gasteiger partial charge < -0.3 is 10.0 Å².